The number of carbonyl (C=O) groups is 1. The van der Waals surface area contributed by atoms with Gasteiger partial charge in [0.05, 0.1) is 5.54 Å². The van der Waals surface area contributed by atoms with Crippen LogP contribution in [-0.2, 0) is 10.3 Å². The standard InChI is InChI=1S/C12H12F4N2O/c13-9-3-1-8(2-4-9)11(17)5-6-18(7-11)10(19)12(14,15)16/h1-4H,5-7,17H2. The molecule has 2 N–H and O–H groups in total. The Hall–Kier alpha value is -1.63. The lowest BCUT2D eigenvalue weighted by Gasteiger charge is -2.25. The summed E-state index contributed by atoms with van der Waals surface area (Å²) in [5.41, 5.74) is 5.48. The van der Waals surface area contributed by atoms with Gasteiger partial charge < -0.3 is 10.6 Å². The van der Waals surface area contributed by atoms with Gasteiger partial charge in [0.15, 0.2) is 0 Å². The van der Waals surface area contributed by atoms with Crippen molar-refractivity contribution in [2.24, 2.45) is 5.73 Å². The Bertz CT molecular complexity index is 485. The number of hydrogen-bond acceptors (Lipinski definition) is 2. The van der Waals surface area contributed by atoms with Gasteiger partial charge in [0.2, 0.25) is 0 Å². The molecule has 1 unspecified atom stereocenters. The Kier molecular flexibility index (Phi) is 3.25. The van der Waals surface area contributed by atoms with E-state index in [0.29, 0.717) is 10.5 Å². The number of carbonyl (C=O) groups excluding carboxylic acids is 1. The highest BCUT2D eigenvalue weighted by atomic mass is 19.4. The number of halogens is 4. The van der Waals surface area contributed by atoms with Gasteiger partial charge in [-0.1, -0.05) is 12.1 Å². The molecule has 3 nitrogen and oxygen atoms in total. The quantitative estimate of drug-likeness (QED) is 0.795. The first-order valence-electron chi connectivity index (χ1n) is 5.63. The Labute approximate surface area is 107 Å². The maximum Gasteiger partial charge on any atom is 0.471 e. The van der Waals surface area contributed by atoms with Crippen molar-refractivity contribution in [3.05, 3.63) is 35.6 Å². The van der Waals surface area contributed by atoms with E-state index in [1.165, 1.54) is 24.3 Å². The van der Waals surface area contributed by atoms with Crippen LogP contribution in [0.3, 0.4) is 0 Å². The van der Waals surface area contributed by atoms with Gasteiger partial charge in [-0.05, 0) is 24.1 Å². The molecule has 0 saturated carbocycles. The van der Waals surface area contributed by atoms with Crippen molar-refractivity contribution in [3.63, 3.8) is 0 Å². The molecule has 0 spiro atoms. The first-order valence-corrected chi connectivity index (χ1v) is 5.63. The van der Waals surface area contributed by atoms with Gasteiger partial charge in [0.1, 0.15) is 5.82 Å². The number of amides is 1. The minimum Gasteiger partial charge on any atom is -0.333 e. The Morgan fingerprint density at radius 3 is 2.37 bits per heavy atom. The number of nitrogens with two attached hydrogens (primary N) is 1. The first-order chi connectivity index (χ1) is 8.72. The summed E-state index contributed by atoms with van der Waals surface area (Å²) in [6.45, 7) is -0.288. The highest BCUT2D eigenvalue weighted by Crippen LogP contribution is 2.32. The van der Waals surface area contributed by atoms with Crippen molar-refractivity contribution in [3.8, 4) is 0 Å². The average molecular weight is 276 g/mol. The van der Waals surface area contributed by atoms with Crippen molar-refractivity contribution in [2.45, 2.75) is 18.1 Å². The maximum atomic E-state index is 12.8. The molecule has 0 radical (unpaired) electrons. The lowest BCUT2D eigenvalue weighted by atomic mass is 9.90. The molecule has 0 aromatic heterocycles. The summed E-state index contributed by atoms with van der Waals surface area (Å²) in [6, 6.07) is 5.24. The summed E-state index contributed by atoms with van der Waals surface area (Å²) < 4.78 is 49.8. The van der Waals surface area contributed by atoms with Crippen LogP contribution in [-0.4, -0.2) is 30.1 Å². The molecule has 1 amide bonds. The highest BCUT2D eigenvalue weighted by Gasteiger charge is 2.47. The molecule has 1 fully saturated rings. The number of likely N-dealkylation sites (tertiary alicyclic amines) is 1. The van der Waals surface area contributed by atoms with E-state index in [4.69, 9.17) is 5.73 Å². The molecular formula is C12H12F4N2O. The minimum atomic E-state index is -4.89. The van der Waals surface area contributed by atoms with E-state index in [1.807, 2.05) is 0 Å². The predicted molar refractivity (Wildman–Crippen MR) is 59.5 cm³/mol. The third kappa shape index (κ3) is 2.70. The number of hydrogen-bond donors (Lipinski definition) is 1. The van der Waals surface area contributed by atoms with E-state index in [0.717, 1.165) is 0 Å². The molecule has 1 aromatic carbocycles. The molecule has 1 saturated heterocycles. The fraction of sp³-hybridized carbons (Fsp3) is 0.417. The molecule has 19 heavy (non-hydrogen) atoms. The SMILES string of the molecule is NC1(c2ccc(F)cc2)CCN(C(=O)C(F)(F)F)C1. The molecule has 7 heteroatoms. The molecule has 0 aliphatic carbocycles. The topological polar surface area (TPSA) is 46.3 Å². The van der Waals surface area contributed by atoms with Crippen molar-refractivity contribution in [1.82, 2.24) is 4.90 Å². The van der Waals surface area contributed by atoms with Gasteiger partial charge in [-0.25, -0.2) is 4.39 Å². The third-order valence-corrected chi connectivity index (χ3v) is 3.25. The van der Waals surface area contributed by atoms with E-state index in [2.05, 4.69) is 0 Å². The van der Waals surface area contributed by atoms with Gasteiger partial charge in [-0.2, -0.15) is 13.2 Å². The number of nitrogens with zero attached hydrogens (tertiary/aromatic N) is 1. The largest absolute Gasteiger partial charge is 0.471 e. The Morgan fingerprint density at radius 1 is 1.26 bits per heavy atom. The van der Waals surface area contributed by atoms with Crippen LogP contribution < -0.4 is 5.73 Å². The number of benzene rings is 1. The van der Waals surface area contributed by atoms with E-state index in [-0.39, 0.29) is 19.5 Å². The van der Waals surface area contributed by atoms with Crippen LogP contribution in [0, 0.1) is 5.82 Å². The van der Waals surface area contributed by atoms with Gasteiger partial charge in [-0.15, -0.1) is 0 Å². The van der Waals surface area contributed by atoms with Crippen LogP contribution in [0.1, 0.15) is 12.0 Å². The van der Waals surface area contributed by atoms with Crippen LogP contribution in [0.2, 0.25) is 0 Å². The second-order valence-electron chi connectivity index (χ2n) is 4.64. The van der Waals surface area contributed by atoms with Gasteiger partial charge in [-0.3, -0.25) is 4.79 Å². The molecule has 1 aliphatic heterocycles. The molecule has 1 heterocycles. The molecule has 104 valence electrons. The number of alkyl halides is 3. The summed E-state index contributed by atoms with van der Waals surface area (Å²) >= 11 is 0. The first kappa shape index (κ1) is 13.8. The zero-order valence-electron chi connectivity index (χ0n) is 9.88. The van der Waals surface area contributed by atoms with Crippen LogP contribution in [0.25, 0.3) is 0 Å². The zero-order valence-corrected chi connectivity index (χ0v) is 9.88. The zero-order chi connectivity index (χ0) is 14.3. The van der Waals surface area contributed by atoms with Crippen LogP contribution >= 0.6 is 0 Å². The van der Waals surface area contributed by atoms with E-state index in [1.54, 1.807) is 0 Å². The lowest BCUT2D eigenvalue weighted by molar-refractivity contribution is -0.184. The Morgan fingerprint density at radius 2 is 1.84 bits per heavy atom. The third-order valence-electron chi connectivity index (χ3n) is 3.25. The van der Waals surface area contributed by atoms with Gasteiger partial charge in [0, 0.05) is 13.1 Å². The van der Waals surface area contributed by atoms with E-state index >= 15 is 0 Å². The second kappa shape index (κ2) is 4.48. The van der Waals surface area contributed by atoms with Crippen molar-refractivity contribution < 1.29 is 22.4 Å². The number of rotatable bonds is 1. The fourth-order valence-electron chi connectivity index (χ4n) is 2.20. The normalized spacial score (nSPS) is 23.7. The van der Waals surface area contributed by atoms with Gasteiger partial charge >= 0.3 is 12.1 Å². The average Bonchev–Trinajstić information content (AvgIpc) is 2.71. The molecule has 1 aromatic rings. The monoisotopic (exact) mass is 276 g/mol. The summed E-state index contributed by atoms with van der Waals surface area (Å²) in [5.74, 6) is -2.34. The van der Waals surface area contributed by atoms with E-state index in [9.17, 15) is 22.4 Å². The smallest absolute Gasteiger partial charge is 0.333 e. The molecule has 1 atom stereocenters. The summed E-state index contributed by atoms with van der Waals surface area (Å²) in [7, 11) is 0. The summed E-state index contributed by atoms with van der Waals surface area (Å²) in [6.07, 6.45) is -4.69. The fourth-order valence-corrected chi connectivity index (χ4v) is 2.20. The minimum absolute atomic E-state index is 0.0633. The highest BCUT2D eigenvalue weighted by molar-refractivity contribution is 5.82. The molecule has 2 rings (SSSR count). The second-order valence-corrected chi connectivity index (χ2v) is 4.64. The van der Waals surface area contributed by atoms with Gasteiger partial charge in [0.25, 0.3) is 0 Å². The van der Waals surface area contributed by atoms with Crippen LogP contribution in [0.5, 0.6) is 0 Å². The maximum absolute atomic E-state index is 12.8. The summed E-state index contributed by atoms with van der Waals surface area (Å²) in [5, 5.41) is 0. The van der Waals surface area contributed by atoms with Crippen molar-refractivity contribution in [1.29, 1.82) is 0 Å². The molecule has 0 bridgehead atoms. The molecular weight excluding hydrogens is 264 g/mol. The lowest BCUT2D eigenvalue weighted by Crippen LogP contribution is -2.44. The van der Waals surface area contributed by atoms with Crippen molar-refractivity contribution >= 4 is 5.91 Å². The van der Waals surface area contributed by atoms with Crippen LogP contribution in [0.4, 0.5) is 17.6 Å². The van der Waals surface area contributed by atoms with Crippen molar-refractivity contribution in [2.75, 3.05) is 13.1 Å². The Balaban J connectivity index is 2.17. The van der Waals surface area contributed by atoms with E-state index < -0.39 is 23.4 Å². The summed E-state index contributed by atoms with van der Waals surface area (Å²) in [4.78, 5) is 11.8. The molecule has 1 aliphatic rings. The predicted octanol–water partition coefficient (Wildman–Crippen LogP) is 1.77. The van der Waals surface area contributed by atoms with Crippen LogP contribution in [0.15, 0.2) is 24.3 Å².